The van der Waals surface area contributed by atoms with E-state index in [1.54, 1.807) is 16.8 Å². The summed E-state index contributed by atoms with van der Waals surface area (Å²) in [5.41, 5.74) is 10.1. The molecule has 2 N–H and O–H groups in total. The summed E-state index contributed by atoms with van der Waals surface area (Å²) in [6, 6.07) is 13.5. The molecule has 22 heavy (non-hydrogen) atoms. The quantitative estimate of drug-likeness (QED) is 0.754. The third kappa shape index (κ3) is 2.76. The number of benzene rings is 2. The van der Waals surface area contributed by atoms with E-state index in [9.17, 15) is 0 Å². The molecule has 112 valence electrons. The fourth-order valence-corrected chi connectivity index (χ4v) is 2.24. The van der Waals surface area contributed by atoms with Gasteiger partial charge in [0.25, 0.3) is 0 Å². The lowest BCUT2D eigenvalue weighted by atomic mass is 10.1. The van der Waals surface area contributed by atoms with E-state index >= 15 is 0 Å². The van der Waals surface area contributed by atoms with Crippen LogP contribution in [0.1, 0.15) is 0 Å². The molecule has 5 nitrogen and oxygen atoms in total. The van der Waals surface area contributed by atoms with Gasteiger partial charge in [-0.15, -0.1) is 5.10 Å². The van der Waals surface area contributed by atoms with Crippen LogP contribution in [0.15, 0.2) is 48.7 Å². The molecular weight excluding hydrogens is 298 g/mol. The zero-order valence-corrected chi connectivity index (χ0v) is 13.1. The third-order valence-corrected chi connectivity index (χ3v) is 3.76. The van der Waals surface area contributed by atoms with Gasteiger partial charge in [-0.3, -0.25) is 0 Å². The predicted molar refractivity (Wildman–Crippen MR) is 90.5 cm³/mol. The van der Waals surface area contributed by atoms with Crippen molar-refractivity contribution in [2.24, 2.45) is 0 Å². The summed E-state index contributed by atoms with van der Waals surface area (Å²) < 4.78 is 1.68. The van der Waals surface area contributed by atoms with Gasteiger partial charge in [-0.25, -0.2) is 4.68 Å². The van der Waals surface area contributed by atoms with Crippen molar-refractivity contribution in [2.45, 2.75) is 0 Å². The van der Waals surface area contributed by atoms with Gasteiger partial charge in [0.15, 0.2) is 0 Å². The highest BCUT2D eigenvalue weighted by Crippen LogP contribution is 2.24. The van der Waals surface area contributed by atoms with Gasteiger partial charge in [0.1, 0.15) is 5.69 Å². The van der Waals surface area contributed by atoms with E-state index in [4.69, 9.17) is 17.3 Å². The number of halogens is 1. The van der Waals surface area contributed by atoms with Crippen LogP contribution in [0.3, 0.4) is 0 Å². The molecule has 0 fully saturated rings. The highest BCUT2D eigenvalue weighted by Gasteiger charge is 2.07. The molecule has 0 atom stereocenters. The van der Waals surface area contributed by atoms with E-state index in [-0.39, 0.29) is 0 Å². The topological polar surface area (TPSA) is 60.0 Å². The van der Waals surface area contributed by atoms with Crippen molar-refractivity contribution in [3.05, 3.63) is 53.7 Å². The molecule has 1 aromatic heterocycles. The Bertz CT molecular complexity index is 793. The first-order chi connectivity index (χ1) is 10.5. The number of nitrogens with zero attached hydrogens (tertiary/aromatic N) is 4. The van der Waals surface area contributed by atoms with Gasteiger partial charge < -0.3 is 10.6 Å². The van der Waals surface area contributed by atoms with Gasteiger partial charge in [-0.1, -0.05) is 28.9 Å². The van der Waals surface area contributed by atoms with Gasteiger partial charge in [-0.05, 0) is 30.3 Å². The summed E-state index contributed by atoms with van der Waals surface area (Å²) in [6.45, 7) is 0. The van der Waals surface area contributed by atoms with Crippen molar-refractivity contribution in [2.75, 3.05) is 24.7 Å². The molecule has 0 aliphatic carbocycles. The average molecular weight is 314 g/mol. The maximum absolute atomic E-state index is 5.94. The van der Waals surface area contributed by atoms with E-state index in [0.717, 1.165) is 22.6 Å². The van der Waals surface area contributed by atoms with Gasteiger partial charge in [0, 0.05) is 25.3 Å². The van der Waals surface area contributed by atoms with Crippen LogP contribution in [0.4, 0.5) is 11.4 Å². The van der Waals surface area contributed by atoms with Gasteiger partial charge in [-0.2, -0.15) is 0 Å². The largest absolute Gasteiger partial charge is 0.397 e. The summed E-state index contributed by atoms with van der Waals surface area (Å²) in [5.74, 6) is 0. The first kappa shape index (κ1) is 14.4. The molecule has 0 amide bonds. The van der Waals surface area contributed by atoms with Crippen LogP contribution in [0.5, 0.6) is 0 Å². The number of aromatic nitrogens is 3. The number of anilines is 2. The smallest absolute Gasteiger partial charge is 0.113 e. The van der Waals surface area contributed by atoms with Crippen LogP contribution in [-0.4, -0.2) is 29.1 Å². The minimum atomic E-state index is 0.520. The molecule has 0 radical (unpaired) electrons. The van der Waals surface area contributed by atoms with E-state index < -0.39 is 0 Å². The van der Waals surface area contributed by atoms with Crippen molar-refractivity contribution in [1.82, 2.24) is 15.0 Å². The lowest BCUT2D eigenvalue weighted by Gasteiger charge is -2.11. The first-order valence-corrected chi connectivity index (χ1v) is 7.18. The zero-order valence-electron chi connectivity index (χ0n) is 12.4. The second-order valence-corrected chi connectivity index (χ2v) is 5.60. The summed E-state index contributed by atoms with van der Waals surface area (Å²) in [5, 5.41) is 8.89. The summed E-state index contributed by atoms with van der Waals surface area (Å²) >= 11 is 5.94. The van der Waals surface area contributed by atoms with Crippen LogP contribution < -0.4 is 10.6 Å². The fraction of sp³-hybridized carbons (Fsp3) is 0.125. The monoisotopic (exact) mass is 313 g/mol. The van der Waals surface area contributed by atoms with Crippen LogP contribution in [0.25, 0.3) is 16.9 Å². The SMILES string of the molecule is CN(C)c1ccc(-c2cn(-c3ccc(Cl)c(N)c3)nn2)cc1. The minimum Gasteiger partial charge on any atom is -0.397 e. The summed E-state index contributed by atoms with van der Waals surface area (Å²) in [4.78, 5) is 2.05. The number of hydrogen-bond donors (Lipinski definition) is 1. The molecule has 6 heteroatoms. The van der Waals surface area contributed by atoms with Gasteiger partial charge in [0.05, 0.1) is 22.6 Å². The normalized spacial score (nSPS) is 10.7. The van der Waals surface area contributed by atoms with Crippen molar-refractivity contribution in [1.29, 1.82) is 0 Å². The molecule has 2 aromatic carbocycles. The number of nitrogens with two attached hydrogens (primary N) is 1. The Labute approximate surface area is 133 Å². The minimum absolute atomic E-state index is 0.520. The summed E-state index contributed by atoms with van der Waals surface area (Å²) in [6.07, 6.45) is 1.87. The zero-order chi connectivity index (χ0) is 15.7. The molecule has 1 heterocycles. The van der Waals surface area contributed by atoms with Crippen LogP contribution >= 0.6 is 11.6 Å². The van der Waals surface area contributed by atoms with E-state index in [2.05, 4.69) is 27.3 Å². The number of hydrogen-bond acceptors (Lipinski definition) is 4. The Kier molecular flexibility index (Phi) is 3.73. The van der Waals surface area contributed by atoms with Crippen molar-refractivity contribution in [3.8, 4) is 16.9 Å². The molecule has 0 spiro atoms. The Morgan fingerprint density at radius 3 is 2.45 bits per heavy atom. The number of rotatable bonds is 3. The van der Waals surface area contributed by atoms with Crippen molar-refractivity contribution in [3.63, 3.8) is 0 Å². The standard InChI is InChI=1S/C16H16ClN5/c1-21(2)12-5-3-11(4-6-12)16-10-22(20-19-16)13-7-8-14(17)15(18)9-13/h3-10H,18H2,1-2H3. The molecule has 0 bridgehead atoms. The van der Waals surface area contributed by atoms with E-state index in [1.165, 1.54) is 0 Å². The average Bonchev–Trinajstić information content (AvgIpc) is 3.00. The number of nitrogen functional groups attached to an aromatic ring is 1. The van der Waals surface area contributed by atoms with E-state index in [1.807, 2.05) is 38.5 Å². The molecule has 0 aliphatic rings. The molecule has 3 rings (SSSR count). The molecule has 0 saturated carbocycles. The van der Waals surface area contributed by atoms with Crippen molar-refractivity contribution >= 4 is 23.0 Å². The Morgan fingerprint density at radius 1 is 1.09 bits per heavy atom. The van der Waals surface area contributed by atoms with Gasteiger partial charge in [0.2, 0.25) is 0 Å². The summed E-state index contributed by atoms with van der Waals surface area (Å²) in [7, 11) is 4.02. The lowest BCUT2D eigenvalue weighted by Crippen LogP contribution is -2.07. The highest BCUT2D eigenvalue weighted by atomic mass is 35.5. The van der Waals surface area contributed by atoms with E-state index in [0.29, 0.717) is 10.7 Å². The second kappa shape index (κ2) is 5.69. The fourth-order valence-electron chi connectivity index (χ4n) is 2.13. The first-order valence-electron chi connectivity index (χ1n) is 6.80. The Balaban J connectivity index is 1.91. The highest BCUT2D eigenvalue weighted by molar-refractivity contribution is 6.33. The van der Waals surface area contributed by atoms with Crippen molar-refractivity contribution < 1.29 is 0 Å². The molecular formula is C16H16ClN5. The lowest BCUT2D eigenvalue weighted by molar-refractivity contribution is 0.804. The van der Waals surface area contributed by atoms with Crippen LogP contribution in [-0.2, 0) is 0 Å². The van der Waals surface area contributed by atoms with Gasteiger partial charge >= 0.3 is 0 Å². The molecule has 3 aromatic rings. The van der Waals surface area contributed by atoms with Crippen LogP contribution in [0, 0.1) is 0 Å². The molecule has 0 unspecified atom stereocenters. The molecule has 0 saturated heterocycles. The maximum Gasteiger partial charge on any atom is 0.113 e. The Hall–Kier alpha value is -2.53. The maximum atomic E-state index is 5.94. The van der Waals surface area contributed by atoms with Crippen LogP contribution in [0.2, 0.25) is 5.02 Å². The molecule has 0 aliphatic heterocycles. The Morgan fingerprint density at radius 2 is 1.82 bits per heavy atom. The second-order valence-electron chi connectivity index (χ2n) is 5.20. The third-order valence-electron chi connectivity index (χ3n) is 3.42. The predicted octanol–water partition coefficient (Wildman–Crippen LogP) is 3.24.